The number of aliphatic hydroxyl groups excluding tert-OH is 4. The monoisotopic (exact) mass is 1520 g/mol. The van der Waals surface area contributed by atoms with Crippen LogP contribution in [0.3, 0.4) is 0 Å². The highest BCUT2D eigenvalue weighted by Crippen LogP contribution is 2.43. The quantitative estimate of drug-likeness (QED) is 0.0228. The van der Waals surface area contributed by atoms with Gasteiger partial charge in [0.25, 0.3) is 0 Å². The molecule has 15 rings (SSSR count). The lowest BCUT2D eigenvalue weighted by molar-refractivity contribution is -0.130. The van der Waals surface area contributed by atoms with Crippen LogP contribution in [-0.2, 0) is 41.6 Å². The van der Waals surface area contributed by atoms with E-state index in [4.69, 9.17) is 29.9 Å². The average molecular weight is 1520 g/mol. The fourth-order valence-corrected chi connectivity index (χ4v) is 18.5. The number of benzene rings is 5. The predicted molar refractivity (Wildman–Crippen MR) is 428 cm³/mol. The molecule has 6 N–H and O–H groups in total. The van der Waals surface area contributed by atoms with E-state index in [1.165, 1.54) is 0 Å². The third-order valence-corrected chi connectivity index (χ3v) is 24.8. The van der Waals surface area contributed by atoms with E-state index in [1.54, 1.807) is 26.5 Å². The number of imidazole rings is 2. The maximum Gasteiger partial charge on any atom is 0.229 e. The Morgan fingerprint density at radius 1 is 0.420 bits per heavy atom. The van der Waals surface area contributed by atoms with E-state index in [-0.39, 0.29) is 96.1 Å². The van der Waals surface area contributed by atoms with Crippen LogP contribution in [-0.4, -0.2) is 194 Å². The highest BCUT2D eigenvalue weighted by Gasteiger charge is 2.46. The minimum absolute atomic E-state index is 0.0118. The Morgan fingerprint density at radius 3 is 1.14 bits per heavy atom. The zero-order valence-corrected chi connectivity index (χ0v) is 64.1. The van der Waals surface area contributed by atoms with Crippen molar-refractivity contribution in [1.29, 1.82) is 0 Å². The number of aromatic nitrogens is 8. The summed E-state index contributed by atoms with van der Waals surface area (Å²) in [7, 11) is 0. The van der Waals surface area contributed by atoms with E-state index < -0.39 is 48.3 Å². The van der Waals surface area contributed by atoms with Crippen molar-refractivity contribution in [1.82, 2.24) is 48.8 Å². The lowest BCUT2D eigenvalue weighted by atomic mass is 9.91. The van der Waals surface area contributed by atoms with Crippen LogP contribution in [0.2, 0.25) is 0 Å². The average Bonchev–Trinajstić information content (AvgIpc) is 1.60. The van der Waals surface area contributed by atoms with Gasteiger partial charge in [-0.25, -0.2) is 9.97 Å². The Kier molecular flexibility index (Phi) is 24.0. The first-order valence-corrected chi connectivity index (χ1v) is 40.6. The molecule has 1 unspecified atom stereocenters. The molecule has 586 valence electrons. The molecule has 0 spiro atoms. The number of ketones is 4. The third-order valence-electron chi connectivity index (χ3n) is 24.8. The van der Waals surface area contributed by atoms with E-state index in [2.05, 4.69) is 69.0 Å². The van der Waals surface area contributed by atoms with E-state index in [1.807, 2.05) is 116 Å². The molecule has 12 atom stereocenters. The molecular weight excluding hydrogens is 1410 g/mol. The summed E-state index contributed by atoms with van der Waals surface area (Å²) in [4.78, 5) is 119. The molecule has 9 aromatic rings. The molecule has 4 aromatic heterocycles. The first-order valence-electron chi connectivity index (χ1n) is 40.6. The summed E-state index contributed by atoms with van der Waals surface area (Å²) >= 11 is 0. The van der Waals surface area contributed by atoms with Gasteiger partial charge in [0.05, 0.1) is 49.8 Å². The highest BCUT2D eigenvalue weighted by molar-refractivity contribution is 5.87. The van der Waals surface area contributed by atoms with Crippen molar-refractivity contribution in [2.24, 2.45) is 35.5 Å². The van der Waals surface area contributed by atoms with Crippen LogP contribution in [0.1, 0.15) is 161 Å². The van der Waals surface area contributed by atoms with Gasteiger partial charge in [-0.3, -0.25) is 28.8 Å². The normalized spacial score (nSPS) is 23.9. The van der Waals surface area contributed by atoms with Gasteiger partial charge in [0.2, 0.25) is 23.7 Å². The maximum atomic E-state index is 14.0. The Balaban J connectivity index is 0.526. The molecule has 4 saturated heterocycles. The first-order chi connectivity index (χ1) is 54.5. The van der Waals surface area contributed by atoms with Crippen LogP contribution in [0.15, 0.2) is 158 Å². The summed E-state index contributed by atoms with van der Waals surface area (Å²) in [5, 5.41) is 52.7. The van der Waals surface area contributed by atoms with Crippen molar-refractivity contribution in [2.75, 3.05) is 85.9 Å². The Hall–Kier alpha value is -10.1. The van der Waals surface area contributed by atoms with Crippen molar-refractivity contribution in [3.8, 4) is 0 Å². The number of anilines is 4. The topological polar surface area (TPSA) is 308 Å². The van der Waals surface area contributed by atoms with Crippen molar-refractivity contribution in [2.45, 2.75) is 165 Å². The fraction of sp³-hybridized carbons (Fsp3) is 0.477. The van der Waals surface area contributed by atoms with Crippen LogP contribution in [0, 0.1) is 35.5 Å². The summed E-state index contributed by atoms with van der Waals surface area (Å²) in [6.07, 6.45) is 5.61. The summed E-state index contributed by atoms with van der Waals surface area (Å²) in [6, 6.07) is 47.8. The SMILES string of the molecule is CCC(=O)CC1C[C@@H](n2cnc3c(NCC(c4ccccc4)c4ccccc4)nc(N4CC[C@H](CC(=O)C[C@@H]5CCN(C(=O)Cc6cccc(CC(=O)N7CC[C@@H](CC(=O)C[C@H]8CCN(c9nc(NCC(c%10ccccc%10)c%10ccccc%10)c%10ncn([C@@H]%11C[C@H](CC(=O)CC)[C@@H](O)[C@H]%11O)c%10n9)C8)C7)c6)C5)C4)nc32)[C@H](O)[C@@H]1O. The van der Waals surface area contributed by atoms with Gasteiger partial charge in [0, 0.05) is 129 Å². The van der Waals surface area contributed by atoms with Gasteiger partial charge in [-0.15, -0.1) is 0 Å². The van der Waals surface area contributed by atoms with Crippen LogP contribution >= 0.6 is 0 Å². The van der Waals surface area contributed by atoms with Gasteiger partial charge in [-0.2, -0.15) is 19.9 Å². The molecule has 24 heteroatoms. The first kappa shape index (κ1) is 77.2. The number of carbonyl (C=O) groups is 6. The third kappa shape index (κ3) is 17.5. The lowest BCUT2D eigenvalue weighted by Crippen LogP contribution is -2.31. The number of carbonyl (C=O) groups excluding carboxylic acids is 6. The second-order valence-electron chi connectivity index (χ2n) is 32.4. The number of hydrogen-bond donors (Lipinski definition) is 6. The maximum absolute atomic E-state index is 14.0. The number of aliphatic hydroxyl groups is 4. The number of fused-ring (bicyclic) bond motifs is 2. The van der Waals surface area contributed by atoms with E-state index in [9.17, 15) is 49.2 Å². The number of Topliss-reactive ketones (excluding diaryl/α,β-unsaturated/α-hetero) is 4. The second kappa shape index (κ2) is 34.9. The van der Waals surface area contributed by atoms with Crippen LogP contribution in [0.4, 0.5) is 23.5 Å². The fourth-order valence-electron chi connectivity index (χ4n) is 18.5. The second-order valence-corrected chi connectivity index (χ2v) is 32.4. The van der Waals surface area contributed by atoms with E-state index in [0.29, 0.717) is 163 Å². The number of nitrogens with zero attached hydrogens (tertiary/aromatic N) is 12. The zero-order chi connectivity index (χ0) is 77.5. The van der Waals surface area contributed by atoms with Gasteiger partial charge < -0.3 is 59.8 Å². The minimum Gasteiger partial charge on any atom is -0.390 e. The Bertz CT molecular complexity index is 4420. The Morgan fingerprint density at radius 2 is 0.777 bits per heavy atom. The summed E-state index contributed by atoms with van der Waals surface area (Å²) in [5.74, 6) is 1.73. The summed E-state index contributed by atoms with van der Waals surface area (Å²) < 4.78 is 3.66. The van der Waals surface area contributed by atoms with Crippen LogP contribution in [0.5, 0.6) is 0 Å². The number of nitrogens with one attached hydrogen (secondary N) is 2. The predicted octanol–water partition coefficient (Wildman–Crippen LogP) is 10.3. The number of likely N-dealkylation sites (tertiary alicyclic amines) is 2. The standard InChI is InChI=1S/C88H104N14O10/c1-3-67(103)43-65-45-73(81(111)79(65)109)101-53-91-77-83(89-47-71(61-20-9-5-10-21-61)62-22-11-6-12-23-62)93-87(95-85(77)101)99-34-30-59(51-99)39-69(105)37-57-28-32-97(49-57)75(107)41-55-18-17-19-56(36-55)42-76(108)98-33-29-58(50-98)38-70(106)40-60-31-35-100(52-60)88-94-84(90-48-72(63-24-13-7-14-25-63)64-26-15-8-16-27-64)78-86(96-88)102(54-92-78)74-46-66(44-68(104)4-2)80(110)82(74)112/h5-27,36,53-54,57-60,65-66,71-74,79-82,109-112H,3-4,28-35,37-52H2,1-2H3,(H,89,93,95)(H,90,94,96)/t57-,58-,59+,60+,65-,66?,73+,74+,79+,80+,81-,82-/m0/s1. The van der Waals surface area contributed by atoms with Gasteiger partial charge in [0.1, 0.15) is 35.3 Å². The molecule has 6 fully saturated rings. The van der Waals surface area contributed by atoms with Gasteiger partial charge in [0.15, 0.2) is 34.0 Å². The molecule has 0 bridgehead atoms. The zero-order valence-electron chi connectivity index (χ0n) is 64.1. The van der Waals surface area contributed by atoms with Gasteiger partial charge in [-0.1, -0.05) is 159 Å². The molecule has 2 amide bonds. The minimum atomic E-state index is -1.13. The number of rotatable bonds is 32. The molecular formula is C88H104N14O10. The molecule has 8 heterocycles. The van der Waals surface area contributed by atoms with E-state index >= 15 is 0 Å². The number of amides is 2. The summed E-state index contributed by atoms with van der Waals surface area (Å²) in [6.45, 7) is 9.12. The Labute approximate surface area is 653 Å². The molecule has 4 aliphatic heterocycles. The number of hydrogen-bond acceptors (Lipinski definition) is 20. The molecule has 112 heavy (non-hydrogen) atoms. The molecule has 5 aromatic carbocycles. The van der Waals surface area contributed by atoms with Crippen molar-refractivity contribution in [3.63, 3.8) is 0 Å². The molecule has 6 aliphatic rings. The van der Waals surface area contributed by atoms with E-state index in [0.717, 1.165) is 59.1 Å². The van der Waals surface area contributed by atoms with Crippen molar-refractivity contribution < 1.29 is 49.2 Å². The van der Waals surface area contributed by atoms with Crippen molar-refractivity contribution in [3.05, 3.63) is 192 Å². The smallest absolute Gasteiger partial charge is 0.229 e. The highest BCUT2D eigenvalue weighted by atomic mass is 16.3. The molecule has 0 radical (unpaired) electrons. The lowest BCUT2D eigenvalue weighted by Gasteiger charge is -2.22. The van der Waals surface area contributed by atoms with Gasteiger partial charge in [-0.05, 0) is 107 Å². The van der Waals surface area contributed by atoms with Crippen LogP contribution < -0.4 is 20.4 Å². The molecule has 2 saturated carbocycles. The van der Waals surface area contributed by atoms with Crippen molar-refractivity contribution >= 4 is 80.8 Å². The molecule has 24 nitrogen and oxygen atoms in total. The largest absolute Gasteiger partial charge is 0.390 e. The van der Waals surface area contributed by atoms with Crippen LogP contribution in [0.25, 0.3) is 22.3 Å². The van der Waals surface area contributed by atoms with Gasteiger partial charge >= 0.3 is 0 Å². The summed E-state index contributed by atoms with van der Waals surface area (Å²) in [5.41, 5.74) is 8.25. The molecule has 2 aliphatic carbocycles.